The summed E-state index contributed by atoms with van der Waals surface area (Å²) >= 11 is 3.27. The first kappa shape index (κ1) is 16.0. The number of methoxy groups -OCH3 is 1. The number of carbonyl (C=O) groups is 2. The number of amides is 1. The van der Waals surface area contributed by atoms with E-state index in [1.807, 2.05) is 0 Å². The van der Waals surface area contributed by atoms with Crippen molar-refractivity contribution in [2.45, 2.75) is 51.0 Å². The molecule has 4 rings (SSSR count). The highest BCUT2D eigenvalue weighted by Gasteiger charge is 2.54. The molecule has 0 aliphatic heterocycles. The smallest absolute Gasteiger partial charge is 0.328 e. The molecule has 0 aromatic carbocycles. The van der Waals surface area contributed by atoms with E-state index in [2.05, 4.69) is 27.8 Å². The molecule has 1 N–H and O–H groups in total. The monoisotopic (exact) mass is 369 g/mol. The van der Waals surface area contributed by atoms with Crippen molar-refractivity contribution < 1.29 is 14.3 Å². The van der Waals surface area contributed by atoms with Gasteiger partial charge in [-0.25, -0.2) is 4.79 Å². The molecule has 0 heterocycles. The lowest BCUT2D eigenvalue weighted by Gasteiger charge is -2.55. The molecule has 4 bridgehead atoms. The molecule has 5 heteroatoms. The molecule has 1 atom stereocenters. The van der Waals surface area contributed by atoms with Crippen LogP contribution in [-0.4, -0.2) is 25.0 Å². The topological polar surface area (TPSA) is 55.4 Å². The number of nitrogens with one attached hydrogen (secondary N) is 1. The molecule has 4 aliphatic rings. The van der Waals surface area contributed by atoms with E-state index in [0.717, 1.165) is 19.3 Å². The molecule has 0 radical (unpaired) electrons. The van der Waals surface area contributed by atoms with E-state index in [-0.39, 0.29) is 11.3 Å². The maximum absolute atomic E-state index is 12.9. The van der Waals surface area contributed by atoms with Gasteiger partial charge in [0.1, 0.15) is 6.04 Å². The molecule has 4 saturated carbocycles. The zero-order valence-corrected chi connectivity index (χ0v) is 14.7. The number of ether oxygens (including phenoxy) is 1. The normalized spacial score (nSPS) is 36.7. The van der Waals surface area contributed by atoms with E-state index < -0.39 is 12.0 Å². The van der Waals surface area contributed by atoms with Crippen molar-refractivity contribution in [3.63, 3.8) is 0 Å². The molecule has 0 unspecified atom stereocenters. The van der Waals surface area contributed by atoms with Crippen LogP contribution < -0.4 is 5.32 Å². The summed E-state index contributed by atoms with van der Waals surface area (Å²) in [6.45, 7) is 3.77. The van der Waals surface area contributed by atoms with Gasteiger partial charge in [0.05, 0.1) is 7.11 Å². The van der Waals surface area contributed by atoms with Crippen molar-refractivity contribution in [2.75, 3.05) is 7.11 Å². The minimum Gasteiger partial charge on any atom is -0.467 e. The average Bonchev–Trinajstić information content (AvgIpc) is 2.43. The molecule has 4 fully saturated rings. The van der Waals surface area contributed by atoms with Crippen LogP contribution in [0.2, 0.25) is 0 Å². The lowest BCUT2D eigenvalue weighted by molar-refractivity contribution is -0.152. The van der Waals surface area contributed by atoms with Crippen molar-refractivity contribution in [3.05, 3.63) is 11.1 Å². The minimum atomic E-state index is -0.641. The Morgan fingerprint density at radius 2 is 1.73 bits per heavy atom. The van der Waals surface area contributed by atoms with Gasteiger partial charge in [-0.15, -0.1) is 0 Å². The van der Waals surface area contributed by atoms with Crippen LogP contribution in [0.4, 0.5) is 0 Å². The Kier molecular flexibility index (Phi) is 4.36. The first-order valence-corrected chi connectivity index (χ1v) is 8.93. The predicted molar refractivity (Wildman–Crippen MR) is 87.2 cm³/mol. The van der Waals surface area contributed by atoms with Crippen LogP contribution in [0.5, 0.6) is 0 Å². The van der Waals surface area contributed by atoms with Crippen molar-refractivity contribution in [3.8, 4) is 0 Å². The standard InChI is InChI=1S/C17H24BrNO3/c1-10(18)3-14(15(20)22-2)19-16(21)17-7-11-4-12(8-17)6-13(5-11)9-17/h11-14H,1,3-9H2,2H3,(H,19,21)/t11?,12?,13?,14-,17?/m1/s1. The SMILES string of the molecule is C=C(Br)C[C@@H](NC(=O)C12CC3CC(CC(C3)C1)C2)C(=O)OC. The number of halogens is 1. The first-order valence-electron chi connectivity index (χ1n) is 8.14. The fourth-order valence-electron chi connectivity index (χ4n) is 5.26. The highest BCUT2D eigenvalue weighted by atomic mass is 79.9. The second-order valence-electron chi connectivity index (χ2n) is 7.47. The first-order chi connectivity index (χ1) is 10.4. The van der Waals surface area contributed by atoms with Gasteiger partial charge in [-0.3, -0.25) is 4.79 Å². The van der Waals surface area contributed by atoms with Crippen LogP contribution in [-0.2, 0) is 14.3 Å². The van der Waals surface area contributed by atoms with Crippen LogP contribution in [0.3, 0.4) is 0 Å². The number of hydrogen-bond donors (Lipinski definition) is 1. The number of rotatable bonds is 5. The summed E-state index contributed by atoms with van der Waals surface area (Å²) in [7, 11) is 1.35. The summed E-state index contributed by atoms with van der Waals surface area (Å²) in [6.07, 6.45) is 7.24. The molecule has 0 aromatic heterocycles. The van der Waals surface area contributed by atoms with Crippen molar-refractivity contribution >= 4 is 27.8 Å². The summed E-state index contributed by atoms with van der Waals surface area (Å²) in [4.78, 5) is 24.9. The number of carbonyl (C=O) groups excluding carboxylic acids is 2. The summed E-state index contributed by atoms with van der Waals surface area (Å²) in [5.74, 6) is 1.77. The lowest BCUT2D eigenvalue weighted by atomic mass is 9.49. The third kappa shape index (κ3) is 2.97. The third-order valence-corrected chi connectivity index (χ3v) is 6.06. The molecule has 122 valence electrons. The van der Waals surface area contributed by atoms with Crippen molar-refractivity contribution in [1.82, 2.24) is 5.32 Å². The van der Waals surface area contributed by atoms with Crippen LogP contribution in [0.25, 0.3) is 0 Å². The van der Waals surface area contributed by atoms with Gasteiger partial charge in [0.25, 0.3) is 0 Å². The summed E-state index contributed by atoms with van der Waals surface area (Å²) in [5.41, 5.74) is -0.241. The van der Waals surface area contributed by atoms with E-state index in [1.54, 1.807) is 0 Å². The number of esters is 1. The van der Waals surface area contributed by atoms with Gasteiger partial charge in [0.2, 0.25) is 5.91 Å². The Balaban J connectivity index is 1.72. The Morgan fingerprint density at radius 1 is 1.23 bits per heavy atom. The van der Waals surface area contributed by atoms with Crippen LogP contribution >= 0.6 is 15.9 Å². The average molecular weight is 370 g/mol. The van der Waals surface area contributed by atoms with Gasteiger partial charge in [0.15, 0.2) is 0 Å². The minimum absolute atomic E-state index is 0.0516. The maximum atomic E-state index is 12.9. The van der Waals surface area contributed by atoms with Gasteiger partial charge in [-0.2, -0.15) is 0 Å². The summed E-state index contributed by atoms with van der Waals surface area (Å²) in [6, 6.07) is -0.641. The third-order valence-electron chi connectivity index (χ3n) is 5.74. The lowest BCUT2D eigenvalue weighted by Crippen LogP contribution is -2.56. The highest BCUT2D eigenvalue weighted by Crippen LogP contribution is 2.60. The quantitative estimate of drug-likeness (QED) is 0.757. The van der Waals surface area contributed by atoms with E-state index in [0.29, 0.717) is 28.7 Å². The van der Waals surface area contributed by atoms with Crippen molar-refractivity contribution in [1.29, 1.82) is 0 Å². The molecule has 1 amide bonds. The van der Waals surface area contributed by atoms with Crippen LogP contribution in [0, 0.1) is 23.2 Å². The van der Waals surface area contributed by atoms with Gasteiger partial charge in [-0.05, 0) is 60.8 Å². The molecular weight excluding hydrogens is 346 g/mol. The Morgan fingerprint density at radius 3 is 2.14 bits per heavy atom. The molecule has 4 aliphatic carbocycles. The molecule has 0 saturated heterocycles. The van der Waals surface area contributed by atoms with Crippen molar-refractivity contribution in [2.24, 2.45) is 23.2 Å². The molecule has 0 aromatic rings. The number of hydrogen-bond acceptors (Lipinski definition) is 3. The van der Waals surface area contributed by atoms with Crippen LogP contribution in [0.1, 0.15) is 44.9 Å². The molecule has 4 nitrogen and oxygen atoms in total. The Hall–Kier alpha value is -0.840. The van der Waals surface area contributed by atoms with E-state index in [9.17, 15) is 9.59 Å². The Bertz CT molecular complexity index is 467. The second-order valence-corrected chi connectivity index (χ2v) is 8.59. The predicted octanol–water partition coefficient (Wildman–Crippen LogP) is 3.16. The fourth-order valence-corrected chi connectivity index (χ4v) is 5.58. The van der Waals surface area contributed by atoms with Gasteiger partial charge in [-0.1, -0.05) is 22.5 Å². The van der Waals surface area contributed by atoms with E-state index >= 15 is 0 Å². The summed E-state index contributed by atoms with van der Waals surface area (Å²) < 4.78 is 5.51. The largest absolute Gasteiger partial charge is 0.467 e. The van der Waals surface area contributed by atoms with Gasteiger partial charge in [0, 0.05) is 11.8 Å². The Labute approximate surface area is 140 Å². The molecular formula is C17H24BrNO3. The van der Waals surface area contributed by atoms with Crippen LogP contribution in [0.15, 0.2) is 11.1 Å². The zero-order valence-electron chi connectivity index (χ0n) is 13.1. The fraction of sp³-hybridized carbons (Fsp3) is 0.765. The zero-order chi connectivity index (χ0) is 15.9. The highest BCUT2D eigenvalue weighted by molar-refractivity contribution is 9.11. The van der Waals surface area contributed by atoms with E-state index in [4.69, 9.17) is 4.74 Å². The van der Waals surface area contributed by atoms with Gasteiger partial charge >= 0.3 is 5.97 Å². The maximum Gasteiger partial charge on any atom is 0.328 e. The molecule has 22 heavy (non-hydrogen) atoms. The van der Waals surface area contributed by atoms with Gasteiger partial charge < -0.3 is 10.1 Å². The van der Waals surface area contributed by atoms with E-state index in [1.165, 1.54) is 26.4 Å². The molecule has 0 spiro atoms. The second kappa shape index (κ2) is 5.99. The summed E-state index contributed by atoms with van der Waals surface area (Å²) in [5, 5.41) is 2.95.